The Bertz CT molecular complexity index is 989. The average molecular weight is 392 g/mol. The van der Waals surface area contributed by atoms with Crippen LogP contribution in [0.15, 0.2) is 53.1 Å². The molecule has 6 nitrogen and oxygen atoms in total. The van der Waals surface area contributed by atoms with Gasteiger partial charge in [0.05, 0.1) is 17.3 Å². The van der Waals surface area contributed by atoms with Crippen LogP contribution in [0, 0.1) is 0 Å². The van der Waals surface area contributed by atoms with Crippen molar-refractivity contribution in [3.8, 4) is 11.5 Å². The second kappa shape index (κ2) is 8.90. The summed E-state index contributed by atoms with van der Waals surface area (Å²) in [5.74, 6) is -0.238. The largest absolute Gasteiger partial charge is 0.463 e. The Morgan fingerprint density at radius 2 is 1.86 bits per heavy atom. The summed E-state index contributed by atoms with van der Waals surface area (Å²) in [6, 6.07) is 12.7. The summed E-state index contributed by atoms with van der Waals surface area (Å²) in [5.41, 5.74) is 1.57. The van der Waals surface area contributed by atoms with Crippen molar-refractivity contribution < 1.29 is 18.7 Å². The number of rotatable bonds is 5. The Hall–Kier alpha value is -3.15. The lowest BCUT2D eigenvalue weighted by Crippen LogP contribution is -2.37. The minimum Gasteiger partial charge on any atom is -0.463 e. The molecule has 1 fully saturated rings. The molecule has 1 aliphatic rings. The van der Waals surface area contributed by atoms with E-state index in [9.17, 15) is 9.59 Å². The number of benzene rings is 1. The summed E-state index contributed by atoms with van der Waals surface area (Å²) >= 11 is 0. The molecule has 1 aromatic carbocycles. The van der Waals surface area contributed by atoms with Gasteiger partial charge >= 0.3 is 5.97 Å². The fourth-order valence-corrected chi connectivity index (χ4v) is 3.80. The molecule has 0 bridgehead atoms. The molecule has 0 atom stereocenters. The summed E-state index contributed by atoms with van der Waals surface area (Å²) in [5, 5.41) is 3.67. The fourth-order valence-electron chi connectivity index (χ4n) is 3.80. The third kappa shape index (κ3) is 4.65. The summed E-state index contributed by atoms with van der Waals surface area (Å²) in [6.45, 7) is -0.290. The lowest BCUT2D eigenvalue weighted by Gasteiger charge is -2.16. The van der Waals surface area contributed by atoms with Crippen LogP contribution in [0.5, 0.6) is 0 Å². The molecule has 0 spiro atoms. The van der Waals surface area contributed by atoms with Crippen molar-refractivity contribution in [1.82, 2.24) is 10.3 Å². The molecule has 6 heteroatoms. The number of hydrogen-bond acceptors (Lipinski definition) is 5. The second-order valence-corrected chi connectivity index (χ2v) is 7.38. The number of ether oxygens (including phenoxy) is 1. The molecule has 0 unspecified atom stereocenters. The van der Waals surface area contributed by atoms with Gasteiger partial charge in [-0.05, 0) is 37.1 Å². The maximum atomic E-state index is 12.8. The molecule has 150 valence electrons. The van der Waals surface area contributed by atoms with Gasteiger partial charge in [-0.25, -0.2) is 9.78 Å². The van der Waals surface area contributed by atoms with Gasteiger partial charge in [0, 0.05) is 11.4 Å². The first-order valence-corrected chi connectivity index (χ1v) is 10.1. The number of nitrogens with one attached hydrogen (secondary N) is 1. The number of hydrogen-bond donors (Lipinski definition) is 1. The number of aromatic nitrogens is 1. The number of amides is 1. The topological polar surface area (TPSA) is 81.4 Å². The number of nitrogens with zero attached hydrogens (tertiary/aromatic N) is 1. The molecule has 0 saturated heterocycles. The number of furan rings is 1. The number of carbonyl (C=O) groups excluding carboxylic acids is 2. The van der Waals surface area contributed by atoms with Gasteiger partial charge in [0.25, 0.3) is 5.91 Å². The standard InChI is InChI=1S/C23H24N2O4/c26-22(24-16-8-3-1-2-4-9-16)15-29-23(27)18-14-20(21-12-7-13-28-21)25-19-11-6-5-10-17(18)19/h5-7,10-14,16H,1-4,8-9,15H2,(H,24,26). The highest BCUT2D eigenvalue weighted by Crippen LogP contribution is 2.25. The third-order valence-electron chi connectivity index (χ3n) is 5.26. The highest BCUT2D eigenvalue weighted by atomic mass is 16.5. The number of carbonyl (C=O) groups is 2. The van der Waals surface area contributed by atoms with Crippen molar-refractivity contribution in [2.24, 2.45) is 0 Å². The van der Waals surface area contributed by atoms with E-state index in [-0.39, 0.29) is 18.6 Å². The van der Waals surface area contributed by atoms with E-state index >= 15 is 0 Å². The fraction of sp³-hybridized carbons (Fsp3) is 0.348. The van der Waals surface area contributed by atoms with Crippen LogP contribution in [0.3, 0.4) is 0 Å². The predicted octanol–water partition coefficient (Wildman–Crippen LogP) is 4.49. The van der Waals surface area contributed by atoms with E-state index in [0.29, 0.717) is 27.9 Å². The van der Waals surface area contributed by atoms with Crippen molar-refractivity contribution in [1.29, 1.82) is 0 Å². The zero-order valence-electron chi connectivity index (χ0n) is 16.2. The van der Waals surface area contributed by atoms with Gasteiger partial charge in [-0.2, -0.15) is 0 Å². The first-order valence-electron chi connectivity index (χ1n) is 10.1. The van der Waals surface area contributed by atoms with Crippen molar-refractivity contribution in [3.63, 3.8) is 0 Å². The molecule has 1 N–H and O–H groups in total. The van der Waals surface area contributed by atoms with Crippen molar-refractivity contribution in [2.75, 3.05) is 6.61 Å². The van der Waals surface area contributed by atoms with Crippen molar-refractivity contribution in [2.45, 2.75) is 44.6 Å². The summed E-state index contributed by atoms with van der Waals surface area (Å²) in [4.78, 5) is 29.6. The van der Waals surface area contributed by atoms with Gasteiger partial charge in [0.2, 0.25) is 0 Å². The van der Waals surface area contributed by atoms with E-state index in [2.05, 4.69) is 10.3 Å². The molecule has 0 aliphatic heterocycles. The van der Waals surface area contributed by atoms with Crippen molar-refractivity contribution in [3.05, 3.63) is 54.3 Å². The van der Waals surface area contributed by atoms with E-state index in [4.69, 9.17) is 9.15 Å². The van der Waals surface area contributed by atoms with Gasteiger partial charge in [-0.1, -0.05) is 43.9 Å². The Balaban J connectivity index is 1.48. The van der Waals surface area contributed by atoms with E-state index < -0.39 is 5.97 Å². The average Bonchev–Trinajstić information content (AvgIpc) is 3.17. The Morgan fingerprint density at radius 1 is 1.07 bits per heavy atom. The minimum absolute atomic E-state index is 0.177. The van der Waals surface area contributed by atoms with E-state index in [0.717, 1.165) is 25.7 Å². The maximum Gasteiger partial charge on any atom is 0.339 e. The molecular weight excluding hydrogens is 368 g/mol. The molecule has 3 aromatic rings. The molecule has 29 heavy (non-hydrogen) atoms. The minimum atomic E-state index is -0.549. The smallest absolute Gasteiger partial charge is 0.339 e. The quantitative estimate of drug-likeness (QED) is 0.511. The Labute approximate surface area is 169 Å². The van der Waals surface area contributed by atoms with Crippen LogP contribution in [0.25, 0.3) is 22.4 Å². The summed E-state index contributed by atoms with van der Waals surface area (Å²) in [6.07, 6.45) is 8.22. The van der Waals surface area contributed by atoms with Crippen LogP contribution >= 0.6 is 0 Å². The predicted molar refractivity (Wildman–Crippen MR) is 109 cm³/mol. The molecular formula is C23H24N2O4. The van der Waals surface area contributed by atoms with Crippen LogP contribution in [-0.2, 0) is 9.53 Å². The van der Waals surface area contributed by atoms with Crippen LogP contribution in [0.2, 0.25) is 0 Å². The third-order valence-corrected chi connectivity index (χ3v) is 5.26. The second-order valence-electron chi connectivity index (χ2n) is 7.38. The van der Waals surface area contributed by atoms with Gasteiger partial charge in [0.15, 0.2) is 12.4 Å². The zero-order valence-corrected chi connectivity index (χ0v) is 16.2. The number of pyridine rings is 1. The highest BCUT2D eigenvalue weighted by Gasteiger charge is 2.19. The number of esters is 1. The van der Waals surface area contributed by atoms with Crippen LogP contribution < -0.4 is 5.32 Å². The lowest BCUT2D eigenvalue weighted by molar-refractivity contribution is -0.125. The van der Waals surface area contributed by atoms with E-state index in [1.54, 1.807) is 24.5 Å². The lowest BCUT2D eigenvalue weighted by atomic mass is 10.1. The molecule has 2 heterocycles. The summed E-state index contributed by atoms with van der Waals surface area (Å²) in [7, 11) is 0. The monoisotopic (exact) mass is 392 g/mol. The zero-order chi connectivity index (χ0) is 20.1. The Kier molecular flexibility index (Phi) is 5.89. The van der Waals surface area contributed by atoms with Crippen LogP contribution in [-0.4, -0.2) is 29.5 Å². The van der Waals surface area contributed by atoms with Gasteiger partial charge < -0.3 is 14.5 Å². The summed E-state index contributed by atoms with van der Waals surface area (Å²) < 4.78 is 10.8. The first kappa shape index (κ1) is 19.2. The van der Waals surface area contributed by atoms with Gasteiger partial charge in [0.1, 0.15) is 5.69 Å². The van der Waals surface area contributed by atoms with Crippen LogP contribution in [0.4, 0.5) is 0 Å². The van der Waals surface area contributed by atoms with Crippen LogP contribution in [0.1, 0.15) is 48.9 Å². The molecule has 2 aromatic heterocycles. The van der Waals surface area contributed by atoms with E-state index in [1.807, 2.05) is 24.3 Å². The molecule has 1 aliphatic carbocycles. The normalized spacial score (nSPS) is 15.0. The Morgan fingerprint density at radius 3 is 2.62 bits per heavy atom. The van der Waals surface area contributed by atoms with Gasteiger partial charge in [-0.15, -0.1) is 0 Å². The SMILES string of the molecule is O=C(COC(=O)c1cc(-c2ccco2)nc2ccccc12)NC1CCCCCC1. The first-order chi connectivity index (χ1) is 14.2. The molecule has 1 amide bonds. The van der Waals surface area contributed by atoms with Gasteiger partial charge in [-0.3, -0.25) is 4.79 Å². The molecule has 0 radical (unpaired) electrons. The molecule has 1 saturated carbocycles. The number of para-hydroxylation sites is 1. The highest BCUT2D eigenvalue weighted by molar-refractivity contribution is 6.05. The molecule has 4 rings (SSSR count). The van der Waals surface area contributed by atoms with Crippen molar-refractivity contribution >= 4 is 22.8 Å². The number of fused-ring (bicyclic) bond motifs is 1. The van der Waals surface area contributed by atoms with E-state index in [1.165, 1.54) is 12.8 Å². The maximum absolute atomic E-state index is 12.8.